The van der Waals surface area contributed by atoms with E-state index in [0.717, 1.165) is 38.4 Å². The largest absolute Gasteiger partial charge is 0.380 e. The van der Waals surface area contributed by atoms with Crippen molar-refractivity contribution in [2.75, 3.05) is 13.2 Å². The quantitative estimate of drug-likeness (QED) is 0.123. The summed E-state index contributed by atoms with van der Waals surface area (Å²) in [7, 11) is 0. The van der Waals surface area contributed by atoms with Crippen LogP contribution in [0.15, 0.2) is 78.9 Å². The van der Waals surface area contributed by atoms with Crippen LogP contribution in [0.5, 0.6) is 0 Å². The van der Waals surface area contributed by atoms with Gasteiger partial charge < -0.3 is 9.53 Å². The number of Topliss-reactive ketones (excluding diaryl/α,β-unsaturated/α-hetero) is 1. The van der Waals surface area contributed by atoms with Gasteiger partial charge in [0, 0.05) is 18.9 Å². The number of ketones is 1. The molecule has 0 saturated heterocycles. The average Bonchev–Trinajstić information content (AvgIpc) is 3.31. The predicted molar refractivity (Wildman–Crippen MR) is 173 cm³/mol. The Kier molecular flexibility index (Phi) is 13.7. The van der Waals surface area contributed by atoms with Crippen LogP contribution in [0.3, 0.4) is 0 Å². The van der Waals surface area contributed by atoms with Gasteiger partial charge in [0.15, 0.2) is 0 Å². The number of ether oxygens (including phenoxy) is 1. The highest BCUT2D eigenvalue weighted by molar-refractivity contribution is 5.78. The van der Waals surface area contributed by atoms with Gasteiger partial charge in [-0.1, -0.05) is 137 Å². The first-order valence-electron chi connectivity index (χ1n) is 16.5. The molecule has 41 heavy (non-hydrogen) atoms. The molecular formula is C39H52O2. The fraction of sp³-hybridized carbons (Fsp3) is 0.513. The minimum Gasteiger partial charge on any atom is -0.380 e. The molecule has 2 heteroatoms. The Morgan fingerprint density at radius 1 is 0.634 bits per heavy atom. The third-order valence-electron chi connectivity index (χ3n) is 8.96. The minimum absolute atomic E-state index is 0.330. The second kappa shape index (κ2) is 18.0. The molecule has 0 saturated carbocycles. The molecule has 0 heterocycles. The van der Waals surface area contributed by atoms with Crippen LogP contribution in [0.2, 0.25) is 0 Å². The van der Waals surface area contributed by atoms with E-state index in [2.05, 4.69) is 78.9 Å². The van der Waals surface area contributed by atoms with Crippen molar-refractivity contribution in [1.29, 1.82) is 0 Å². The summed E-state index contributed by atoms with van der Waals surface area (Å²) < 4.78 is 6.34. The molecule has 0 amide bonds. The molecule has 1 aliphatic rings. The Balaban J connectivity index is 1.14. The number of fused-ring (bicyclic) bond motifs is 3. The minimum atomic E-state index is 0.330. The van der Waals surface area contributed by atoms with Crippen molar-refractivity contribution in [3.05, 3.63) is 95.6 Å². The normalized spacial score (nSPS) is 13.2. The number of unbranched alkanes of at least 4 members (excludes halogenated alkanes) is 7. The van der Waals surface area contributed by atoms with Gasteiger partial charge in [-0.25, -0.2) is 0 Å². The first kappa shape index (κ1) is 31.2. The molecule has 4 rings (SSSR count). The van der Waals surface area contributed by atoms with Gasteiger partial charge in [-0.2, -0.15) is 0 Å². The molecule has 0 N–H and O–H groups in total. The SMILES string of the molecule is CC(=O)CCCCCCC(CCCCCCCc1ccccc1)CCCOCC1c2ccccc2-c2ccccc21. The summed E-state index contributed by atoms with van der Waals surface area (Å²) in [5.41, 5.74) is 7.06. The second-order valence-electron chi connectivity index (χ2n) is 12.3. The maximum Gasteiger partial charge on any atom is 0.129 e. The molecule has 3 aromatic carbocycles. The zero-order chi connectivity index (χ0) is 28.5. The van der Waals surface area contributed by atoms with Gasteiger partial charge in [-0.05, 0) is 72.8 Å². The fourth-order valence-electron chi connectivity index (χ4n) is 6.65. The van der Waals surface area contributed by atoms with Crippen molar-refractivity contribution in [3.8, 4) is 11.1 Å². The lowest BCUT2D eigenvalue weighted by molar-refractivity contribution is -0.117. The number of benzene rings is 3. The first-order chi connectivity index (χ1) is 20.2. The average molecular weight is 553 g/mol. The predicted octanol–water partition coefficient (Wildman–Crippen LogP) is 10.7. The van der Waals surface area contributed by atoms with E-state index in [4.69, 9.17) is 4.74 Å². The second-order valence-corrected chi connectivity index (χ2v) is 12.3. The topological polar surface area (TPSA) is 26.3 Å². The van der Waals surface area contributed by atoms with E-state index in [1.165, 1.54) is 105 Å². The Labute approximate surface area is 249 Å². The van der Waals surface area contributed by atoms with Crippen LogP contribution in [0, 0.1) is 5.92 Å². The van der Waals surface area contributed by atoms with Gasteiger partial charge in [0.25, 0.3) is 0 Å². The molecule has 220 valence electrons. The van der Waals surface area contributed by atoms with E-state index in [1.807, 2.05) is 0 Å². The molecule has 1 aliphatic carbocycles. The maximum atomic E-state index is 11.2. The molecule has 1 atom stereocenters. The molecule has 0 radical (unpaired) electrons. The van der Waals surface area contributed by atoms with Crippen molar-refractivity contribution < 1.29 is 9.53 Å². The smallest absolute Gasteiger partial charge is 0.129 e. The highest BCUT2D eigenvalue weighted by atomic mass is 16.5. The number of rotatable bonds is 21. The van der Waals surface area contributed by atoms with Crippen LogP contribution >= 0.6 is 0 Å². The molecule has 0 bridgehead atoms. The summed E-state index contributed by atoms with van der Waals surface area (Å²) in [6, 6.07) is 28.6. The summed E-state index contributed by atoms with van der Waals surface area (Å²) in [6.07, 6.45) is 18.6. The van der Waals surface area contributed by atoms with Gasteiger partial charge in [-0.3, -0.25) is 0 Å². The Hall–Kier alpha value is -2.71. The van der Waals surface area contributed by atoms with Gasteiger partial charge in [-0.15, -0.1) is 0 Å². The summed E-state index contributed by atoms with van der Waals surface area (Å²) in [5, 5.41) is 0. The lowest BCUT2D eigenvalue weighted by atomic mass is 9.90. The zero-order valence-electron chi connectivity index (χ0n) is 25.5. The van der Waals surface area contributed by atoms with Crippen LogP contribution in [0.4, 0.5) is 0 Å². The lowest BCUT2D eigenvalue weighted by Gasteiger charge is -2.18. The van der Waals surface area contributed by atoms with E-state index in [-0.39, 0.29) is 0 Å². The summed E-state index contributed by atoms with van der Waals surface area (Å²) in [6.45, 7) is 3.34. The molecule has 1 unspecified atom stereocenters. The van der Waals surface area contributed by atoms with Crippen molar-refractivity contribution in [1.82, 2.24) is 0 Å². The fourth-order valence-corrected chi connectivity index (χ4v) is 6.65. The first-order valence-corrected chi connectivity index (χ1v) is 16.5. The number of hydrogen-bond acceptors (Lipinski definition) is 2. The third-order valence-corrected chi connectivity index (χ3v) is 8.96. The van der Waals surface area contributed by atoms with Crippen molar-refractivity contribution in [2.45, 2.75) is 109 Å². The van der Waals surface area contributed by atoms with E-state index in [0.29, 0.717) is 11.7 Å². The lowest BCUT2D eigenvalue weighted by Crippen LogP contribution is -2.09. The zero-order valence-corrected chi connectivity index (χ0v) is 25.5. The van der Waals surface area contributed by atoms with E-state index in [1.54, 1.807) is 6.92 Å². The Bertz CT molecular complexity index is 1110. The monoisotopic (exact) mass is 552 g/mol. The van der Waals surface area contributed by atoms with Crippen molar-refractivity contribution in [2.24, 2.45) is 5.92 Å². The van der Waals surface area contributed by atoms with E-state index in [9.17, 15) is 4.79 Å². The molecule has 0 fully saturated rings. The van der Waals surface area contributed by atoms with Crippen LogP contribution in [-0.4, -0.2) is 19.0 Å². The van der Waals surface area contributed by atoms with Crippen LogP contribution in [-0.2, 0) is 16.0 Å². The standard InChI is InChI=1S/C39H52O2/c1-32(40)19-8-5-6-11-22-34(21-10-4-2-3-9-20-33-23-12-7-13-24-33)25-18-30-41-31-39-37-28-16-14-26-35(37)36-27-15-17-29-38(36)39/h7,12-17,23-24,26-29,34,39H,2-6,8-11,18-22,25,30-31H2,1H3. The number of carbonyl (C=O) groups is 1. The summed E-state index contributed by atoms with van der Waals surface area (Å²) in [5.74, 6) is 1.50. The van der Waals surface area contributed by atoms with Crippen LogP contribution in [0.1, 0.15) is 119 Å². The van der Waals surface area contributed by atoms with E-state index >= 15 is 0 Å². The van der Waals surface area contributed by atoms with Crippen LogP contribution in [0.25, 0.3) is 11.1 Å². The number of carbonyl (C=O) groups excluding carboxylic acids is 1. The van der Waals surface area contributed by atoms with Gasteiger partial charge >= 0.3 is 0 Å². The molecule has 2 nitrogen and oxygen atoms in total. The molecular weight excluding hydrogens is 500 g/mol. The highest BCUT2D eigenvalue weighted by Gasteiger charge is 2.27. The molecule has 0 aliphatic heterocycles. The Morgan fingerprint density at radius 3 is 1.83 bits per heavy atom. The van der Waals surface area contributed by atoms with Crippen LogP contribution < -0.4 is 0 Å². The van der Waals surface area contributed by atoms with Crippen molar-refractivity contribution >= 4 is 5.78 Å². The van der Waals surface area contributed by atoms with Gasteiger partial charge in [0.1, 0.15) is 5.78 Å². The number of hydrogen-bond donors (Lipinski definition) is 0. The summed E-state index contributed by atoms with van der Waals surface area (Å²) in [4.78, 5) is 11.2. The van der Waals surface area contributed by atoms with Gasteiger partial charge in [0.05, 0.1) is 6.61 Å². The highest BCUT2D eigenvalue weighted by Crippen LogP contribution is 2.44. The van der Waals surface area contributed by atoms with Gasteiger partial charge in [0.2, 0.25) is 0 Å². The molecule has 0 spiro atoms. The number of aryl methyl sites for hydroxylation is 1. The molecule has 0 aromatic heterocycles. The van der Waals surface area contributed by atoms with E-state index < -0.39 is 0 Å². The summed E-state index contributed by atoms with van der Waals surface area (Å²) >= 11 is 0. The maximum absolute atomic E-state index is 11.2. The van der Waals surface area contributed by atoms with Crippen molar-refractivity contribution in [3.63, 3.8) is 0 Å². The molecule has 3 aromatic rings. The Morgan fingerprint density at radius 2 is 1.17 bits per heavy atom. The third kappa shape index (κ3) is 10.6.